The molecule has 104 valence electrons. The third-order valence-corrected chi connectivity index (χ3v) is 3.06. The van der Waals surface area contributed by atoms with Gasteiger partial charge in [0.25, 0.3) is 0 Å². The third kappa shape index (κ3) is 1.97. The maximum Gasteiger partial charge on any atom is 0.341 e. The number of rotatable bonds is 2. The highest BCUT2D eigenvalue weighted by molar-refractivity contribution is 5.74. The molecule has 0 saturated carbocycles. The monoisotopic (exact) mass is 274 g/mol. The lowest BCUT2D eigenvalue weighted by molar-refractivity contribution is -0.749. The number of hydrogen-bond acceptors (Lipinski definition) is 6. The number of benzene rings is 1. The molecule has 1 aliphatic heterocycles. The Balaban J connectivity index is 2.12. The highest BCUT2D eigenvalue weighted by atomic mass is 16.6. The number of aliphatic imine (C=N–C) groups is 1. The Bertz CT molecular complexity index is 665. The summed E-state index contributed by atoms with van der Waals surface area (Å²) in [6, 6.07) is 7.87. The van der Waals surface area contributed by atoms with Crippen molar-refractivity contribution in [3.8, 4) is 11.3 Å². The first-order valence-electron chi connectivity index (χ1n) is 6.31. The number of nitrogens with zero attached hydrogens (tertiary/aromatic N) is 4. The average molecular weight is 274 g/mol. The minimum Gasteiger partial charge on any atom is -0.600 e. The highest BCUT2D eigenvalue weighted by Gasteiger charge is 2.36. The fourth-order valence-electron chi connectivity index (χ4n) is 2.22. The maximum absolute atomic E-state index is 11.5. The minimum atomic E-state index is -0.683. The quantitative estimate of drug-likeness (QED) is 0.441. The molecule has 0 spiro atoms. The van der Waals surface area contributed by atoms with Gasteiger partial charge in [0, 0.05) is 0 Å². The predicted octanol–water partition coefficient (Wildman–Crippen LogP) is 0.0948. The van der Waals surface area contributed by atoms with E-state index in [1.54, 1.807) is 11.7 Å². The first-order chi connectivity index (χ1) is 9.70. The van der Waals surface area contributed by atoms with E-state index in [2.05, 4.69) is 10.3 Å². The lowest BCUT2D eigenvalue weighted by Crippen LogP contribution is -2.59. The zero-order valence-corrected chi connectivity index (χ0v) is 11.2. The lowest BCUT2D eigenvalue weighted by Gasteiger charge is -2.16. The van der Waals surface area contributed by atoms with Crippen LogP contribution in [0.5, 0.6) is 0 Å². The first kappa shape index (κ1) is 12.5. The molecule has 2 heterocycles. The molecule has 3 rings (SSSR count). The summed E-state index contributed by atoms with van der Waals surface area (Å²) in [5, 5.41) is 17.3. The lowest BCUT2D eigenvalue weighted by atomic mass is 10.0. The van der Waals surface area contributed by atoms with Crippen LogP contribution >= 0.6 is 0 Å². The van der Waals surface area contributed by atoms with Gasteiger partial charge in [-0.15, -0.1) is 0 Å². The van der Waals surface area contributed by atoms with Crippen LogP contribution in [0.15, 0.2) is 33.8 Å². The van der Waals surface area contributed by atoms with Gasteiger partial charge in [-0.05, 0) is 18.2 Å². The zero-order valence-electron chi connectivity index (χ0n) is 11.2. The summed E-state index contributed by atoms with van der Waals surface area (Å²) in [6.07, 6.45) is -0.683. The second kappa shape index (κ2) is 4.84. The van der Waals surface area contributed by atoms with Crippen LogP contribution in [0, 0.1) is 0 Å². The van der Waals surface area contributed by atoms with E-state index in [1.165, 1.54) is 0 Å². The van der Waals surface area contributed by atoms with Gasteiger partial charge in [-0.2, -0.15) is 10.0 Å². The molecular formula is C13H14N4O3. The van der Waals surface area contributed by atoms with E-state index in [1.807, 2.05) is 36.3 Å². The van der Waals surface area contributed by atoms with Gasteiger partial charge in [0.05, 0.1) is 17.4 Å². The largest absolute Gasteiger partial charge is 0.600 e. The summed E-state index contributed by atoms with van der Waals surface area (Å²) < 4.78 is 9.97. The summed E-state index contributed by atoms with van der Waals surface area (Å²) in [5.74, 6) is 0.155. The van der Waals surface area contributed by atoms with Crippen molar-refractivity contribution < 1.29 is 19.2 Å². The van der Waals surface area contributed by atoms with Crippen LogP contribution in [0.1, 0.15) is 12.5 Å². The minimum absolute atomic E-state index is 0.155. The summed E-state index contributed by atoms with van der Waals surface area (Å²) >= 11 is 0. The van der Waals surface area contributed by atoms with Crippen LogP contribution in [0.4, 0.5) is 5.88 Å². The molecule has 0 fully saturated rings. The smallest absolute Gasteiger partial charge is 0.341 e. The average Bonchev–Trinajstić information content (AvgIpc) is 2.84. The molecule has 0 aliphatic carbocycles. The van der Waals surface area contributed by atoms with Crippen molar-refractivity contribution in [2.75, 3.05) is 18.7 Å². The normalized spacial score (nSPS) is 13.9. The Morgan fingerprint density at radius 2 is 2.35 bits per heavy atom. The van der Waals surface area contributed by atoms with E-state index in [0.29, 0.717) is 12.2 Å². The van der Waals surface area contributed by atoms with Crippen molar-refractivity contribution in [1.82, 2.24) is 5.27 Å². The van der Waals surface area contributed by atoms with E-state index in [4.69, 9.17) is 9.26 Å². The van der Waals surface area contributed by atoms with Crippen LogP contribution in [-0.4, -0.2) is 25.0 Å². The summed E-state index contributed by atoms with van der Waals surface area (Å²) in [6.45, 7) is 2.70. The second-order valence-electron chi connectivity index (χ2n) is 4.40. The molecule has 0 atom stereocenters. The standard InChI is InChI=1S/C13H14N4O3/c1-3-19-13(18)14-12-11-10-7-5-4-6-9(10)8-16(2)17(11)15-20-12/h4-7H,3,8H2,1-2H3. The number of fused-ring (bicyclic) bond motifs is 3. The van der Waals surface area contributed by atoms with Gasteiger partial charge in [0.1, 0.15) is 6.54 Å². The Labute approximate surface area is 115 Å². The SMILES string of the molecule is CCO/C([O-])=N/c1on[n+]2c1-c1ccccc1CN2C. The molecule has 0 N–H and O–H groups in total. The van der Waals surface area contributed by atoms with E-state index >= 15 is 0 Å². The molecule has 1 aromatic heterocycles. The molecule has 1 aromatic carbocycles. The molecule has 0 unspecified atom stereocenters. The first-order valence-corrected chi connectivity index (χ1v) is 6.31. The van der Waals surface area contributed by atoms with Crippen LogP contribution < -0.4 is 14.9 Å². The number of hydrogen-bond donors (Lipinski definition) is 0. The van der Waals surface area contributed by atoms with Crippen molar-refractivity contribution in [1.29, 1.82) is 0 Å². The summed E-state index contributed by atoms with van der Waals surface area (Å²) in [7, 11) is 1.89. The predicted molar refractivity (Wildman–Crippen MR) is 68.7 cm³/mol. The molecule has 0 bridgehead atoms. The molecular weight excluding hydrogens is 260 g/mol. The van der Waals surface area contributed by atoms with Crippen LogP contribution in [-0.2, 0) is 11.3 Å². The van der Waals surface area contributed by atoms with Gasteiger partial charge in [0.2, 0.25) is 5.27 Å². The number of aromatic nitrogens is 2. The van der Waals surface area contributed by atoms with Crippen LogP contribution in [0.3, 0.4) is 0 Å². The van der Waals surface area contributed by atoms with E-state index in [-0.39, 0.29) is 12.5 Å². The molecule has 1 aliphatic rings. The molecule has 7 nitrogen and oxygen atoms in total. The Hall–Kier alpha value is -2.57. The zero-order chi connectivity index (χ0) is 14.1. The highest BCUT2D eigenvalue weighted by Crippen LogP contribution is 2.32. The topological polar surface area (TPSA) is 77.8 Å². The fraction of sp³-hybridized carbons (Fsp3) is 0.308. The molecule has 2 aromatic rings. The second-order valence-corrected chi connectivity index (χ2v) is 4.40. The van der Waals surface area contributed by atoms with Crippen LogP contribution in [0.2, 0.25) is 0 Å². The van der Waals surface area contributed by atoms with Gasteiger partial charge in [-0.25, -0.2) is 0 Å². The molecule has 0 saturated heterocycles. The fourth-order valence-corrected chi connectivity index (χ4v) is 2.22. The summed E-state index contributed by atoms with van der Waals surface area (Å²) in [4.78, 5) is 5.42. The van der Waals surface area contributed by atoms with Gasteiger partial charge >= 0.3 is 11.6 Å². The van der Waals surface area contributed by atoms with Gasteiger partial charge in [0.15, 0.2) is 6.08 Å². The maximum atomic E-state index is 11.5. The molecule has 0 amide bonds. The third-order valence-electron chi connectivity index (χ3n) is 3.06. The number of ether oxygens (including phenoxy) is 1. The van der Waals surface area contributed by atoms with E-state index < -0.39 is 6.08 Å². The van der Waals surface area contributed by atoms with Gasteiger partial charge < -0.3 is 9.84 Å². The molecule has 0 radical (unpaired) electrons. The van der Waals surface area contributed by atoms with Gasteiger partial charge in [-0.1, -0.05) is 25.1 Å². The van der Waals surface area contributed by atoms with Crippen molar-refractivity contribution in [3.05, 3.63) is 29.8 Å². The van der Waals surface area contributed by atoms with Crippen molar-refractivity contribution in [3.63, 3.8) is 0 Å². The van der Waals surface area contributed by atoms with Crippen molar-refractivity contribution in [2.24, 2.45) is 4.99 Å². The van der Waals surface area contributed by atoms with Crippen LogP contribution in [0.25, 0.3) is 11.3 Å². The molecule has 7 heteroatoms. The Morgan fingerprint density at radius 3 is 3.15 bits per heavy atom. The van der Waals surface area contributed by atoms with Crippen molar-refractivity contribution >= 4 is 12.0 Å². The summed E-state index contributed by atoms with van der Waals surface area (Å²) in [5.41, 5.74) is 2.73. The Kier molecular flexibility index (Phi) is 3.02. The molecule has 20 heavy (non-hydrogen) atoms. The van der Waals surface area contributed by atoms with E-state index in [0.717, 1.165) is 11.1 Å². The Morgan fingerprint density at radius 1 is 1.55 bits per heavy atom. The van der Waals surface area contributed by atoms with E-state index in [9.17, 15) is 5.11 Å². The van der Waals surface area contributed by atoms with Crippen molar-refractivity contribution in [2.45, 2.75) is 13.5 Å². The van der Waals surface area contributed by atoms with Gasteiger partial charge in [-0.3, -0.25) is 4.52 Å².